The van der Waals surface area contributed by atoms with E-state index in [9.17, 15) is 14.4 Å². The molecule has 0 aromatic carbocycles. The largest absolute Gasteiger partial charge is 0.354 e. The zero-order valence-corrected chi connectivity index (χ0v) is 18.0. The number of nitrogens with zero attached hydrogens (tertiary/aromatic N) is 1. The molecule has 3 rings (SSSR count). The number of hydrogen-bond donors (Lipinski definition) is 1. The maximum absolute atomic E-state index is 12.9. The Hall–Kier alpha value is -1.47. The van der Waals surface area contributed by atoms with Gasteiger partial charge in [-0.2, -0.15) is 0 Å². The highest BCUT2D eigenvalue weighted by Crippen LogP contribution is 2.37. The van der Waals surface area contributed by atoms with Crippen LogP contribution in [0.3, 0.4) is 0 Å². The second-order valence-corrected chi connectivity index (χ2v) is 10.1. The predicted octanol–water partition coefficient (Wildman–Crippen LogP) is 3.54. The van der Waals surface area contributed by atoms with Gasteiger partial charge < -0.3 is 5.32 Å². The average Bonchev–Trinajstić information content (AvgIpc) is 3.15. The van der Waals surface area contributed by atoms with Gasteiger partial charge in [-0.15, -0.1) is 11.3 Å². The Labute approximate surface area is 172 Å². The number of rotatable bonds is 7. The molecule has 3 unspecified atom stereocenters. The number of carbonyl (C=O) groups is 3. The summed E-state index contributed by atoms with van der Waals surface area (Å²) in [6, 6.07) is 3.30. The fourth-order valence-electron chi connectivity index (χ4n) is 3.82. The van der Waals surface area contributed by atoms with Gasteiger partial charge in [0.2, 0.25) is 17.7 Å². The minimum Gasteiger partial charge on any atom is -0.354 e. The summed E-state index contributed by atoms with van der Waals surface area (Å²) >= 11 is 5.07. The number of thiophene rings is 1. The van der Waals surface area contributed by atoms with Crippen LogP contribution in [0.15, 0.2) is 28.1 Å². The van der Waals surface area contributed by atoms with Gasteiger partial charge in [0.25, 0.3) is 0 Å². The quantitative estimate of drug-likeness (QED) is 0.508. The second-order valence-electron chi connectivity index (χ2n) is 7.59. The number of carbonyl (C=O) groups excluding carboxylic acids is 3. The first-order chi connectivity index (χ1) is 12.9. The molecule has 0 bridgehead atoms. The van der Waals surface area contributed by atoms with Crippen molar-refractivity contribution in [3.8, 4) is 0 Å². The van der Waals surface area contributed by atoms with Crippen LogP contribution in [0.1, 0.15) is 38.0 Å². The highest BCUT2D eigenvalue weighted by Gasteiger charge is 2.51. The predicted molar refractivity (Wildman–Crippen MR) is 109 cm³/mol. The molecule has 1 saturated heterocycles. The van der Waals surface area contributed by atoms with Gasteiger partial charge in [-0.05, 0) is 59.7 Å². The van der Waals surface area contributed by atoms with Crippen molar-refractivity contribution < 1.29 is 14.4 Å². The van der Waals surface area contributed by atoms with E-state index in [0.29, 0.717) is 25.8 Å². The number of allylic oxidation sites excluding steroid dienone is 2. The van der Waals surface area contributed by atoms with Crippen molar-refractivity contribution in [3.63, 3.8) is 0 Å². The number of fused-ring (bicyclic) bond motifs is 1. The highest BCUT2D eigenvalue weighted by atomic mass is 79.9. The van der Waals surface area contributed by atoms with Crippen LogP contribution >= 0.6 is 27.3 Å². The van der Waals surface area contributed by atoms with E-state index in [4.69, 9.17) is 0 Å². The number of hydrogen-bond acceptors (Lipinski definition) is 4. The lowest BCUT2D eigenvalue weighted by Crippen LogP contribution is -2.51. The maximum atomic E-state index is 12.9. The van der Waals surface area contributed by atoms with Crippen molar-refractivity contribution in [2.24, 2.45) is 17.8 Å². The van der Waals surface area contributed by atoms with Gasteiger partial charge in [0, 0.05) is 11.4 Å². The van der Waals surface area contributed by atoms with Crippen LogP contribution in [0.5, 0.6) is 0 Å². The molecule has 0 saturated carbocycles. The third-order valence-electron chi connectivity index (χ3n) is 5.15. The standard InChI is InChI=1S/C20H25BrN2O3S/c1-12(2)11-16(18(24)22-10-9-13-7-8-17(21)27-13)23-19(25)14-5-3-4-6-15(14)20(23)26/h3-4,7-8,12,14-16H,5-6,9-11H2,1-2H3,(H,22,24). The highest BCUT2D eigenvalue weighted by molar-refractivity contribution is 9.11. The molecule has 1 aromatic rings. The average molecular weight is 453 g/mol. The third kappa shape index (κ3) is 4.51. The van der Waals surface area contributed by atoms with E-state index in [1.54, 1.807) is 11.3 Å². The van der Waals surface area contributed by atoms with E-state index in [1.165, 1.54) is 9.78 Å². The Balaban J connectivity index is 1.68. The molecule has 0 radical (unpaired) electrons. The van der Waals surface area contributed by atoms with Crippen molar-refractivity contribution >= 4 is 45.0 Å². The Morgan fingerprint density at radius 2 is 1.85 bits per heavy atom. The van der Waals surface area contributed by atoms with Gasteiger partial charge in [-0.25, -0.2) is 0 Å². The van der Waals surface area contributed by atoms with Crippen LogP contribution in [-0.4, -0.2) is 35.2 Å². The van der Waals surface area contributed by atoms with E-state index in [2.05, 4.69) is 21.2 Å². The first kappa shape index (κ1) is 20.3. The molecule has 7 heteroatoms. The minimum atomic E-state index is -0.717. The van der Waals surface area contributed by atoms with Crippen LogP contribution in [0.2, 0.25) is 0 Å². The summed E-state index contributed by atoms with van der Waals surface area (Å²) in [7, 11) is 0. The normalized spacial score (nSPS) is 23.0. The van der Waals surface area contributed by atoms with E-state index in [-0.39, 0.29) is 35.5 Å². The minimum absolute atomic E-state index is 0.183. The summed E-state index contributed by atoms with van der Waals surface area (Å²) < 4.78 is 1.06. The monoisotopic (exact) mass is 452 g/mol. The van der Waals surface area contributed by atoms with Gasteiger partial charge in [0.15, 0.2) is 0 Å². The number of imide groups is 1. The number of halogens is 1. The fourth-order valence-corrected chi connectivity index (χ4v) is 5.30. The molecule has 27 heavy (non-hydrogen) atoms. The Kier molecular flexibility index (Phi) is 6.52. The van der Waals surface area contributed by atoms with Gasteiger partial charge >= 0.3 is 0 Å². The van der Waals surface area contributed by atoms with Gasteiger partial charge in [0.1, 0.15) is 6.04 Å². The molecule has 3 amide bonds. The smallest absolute Gasteiger partial charge is 0.243 e. The zero-order valence-electron chi connectivity index (χ0n) is 15.6. The summed E-state index contributed by atoms with van der Waals surface area (Å²) in [5, 5.41) is 2.94. The van der Waals surface area contributed by atoms with Crippen LogP contribution in [0.4, 0.5) is 0 Å². The third-order valence-corrected chi connectivity index (χ3v) is 6.83. The molecule has 3 atom stereocenters. The van der Waals surface area contributed by atoms with Gasteiger partial charge in [-0.3, -0.25) is 19.3 Å². The van der Waals surface area contributed by atoms with Gasteiger partial charge in [-0.1, -0.05) is 26.0 Å². The number of likely N-dealkylation sites (tertiary alicyclic amines) is 1. The maximum Gasteiger partial charge on any atom is 0.243 e. The van der Waals surface area contributed by atoms with E-state index >= 15 is 0 Å². The molecule has 1 N–H and O–H groups in total. The Bertz CT molecular complexity index is 732. The van der Waals surface area contributed by atoms with Crippen LogP contribution < -0.4 is 5.32 Å². The molecule has 2 aliphatic rings. The molecular weight excluding hydrogens is 428 g/mol. The lowest BCUT2D eigenvalue weighted by atomic mass is 9.85. The van der Waals surface area contributed by atoms with Crippen LogP contribution in [-0.2, 0) is 20.8 Å². The lowest BCUT2D eigenvalue weighted by molar-refractivity contribution is -0.148. The first-order valence-corrected chi connectivity index (χ1v) is 11.0. The molecular formula is C20H25BrN2O3S. The molecule has 2 heterocycles. The fraction of sp³-hybridized carbons (Fsp3) is 0.550. The van der Waals surface area contributed by atoms with Gasteiger partial charge in [0.05, 0.1) is 15.6 Å². The van der Waals surface area contributed by atoms with E-state index < -0.39 is 6.04 Å². The van der Waals surface area contributed by atoms with Crippen molar-refractivity contribution in [2.75, 3.05) is 6.54 Å². The zero-order chi connectivity index (χ0) is 19.6. The van der Waals surface area contributed by atoms with Crippen molar-refractivity contribution in [1.82, 2.24) is 10.2 Å². The van der Waals surface area contributed by atoms with E-state index in [1.807, 2.05) is 38.1 Å². The summed E-state index contributed by atoms with van der Waals surface area (Å²) in [6.07, 6.45) is 6.33. The second kappa shape index (κ2) is 8.69. The Morgan fingerprint density at radius 1 is 1.22 bits per heavy atom. The molecule has 1 fully saturated rings. The summed E-state index contributed by atoms with van der Waals surface area (Å²) in [5.74, 6) is -0.987. The molecule has 0 spiro atoms. The van der Waals surface area contributed by atoms with E-state index in [0.717, 1.165) is 10.2 Å². The van der Waals surface area contributed by atoms with Crippen LogP contribution in [0.25, 0.3) is 0 Å². The number of amides is 3. The van der Waals surface area contributed by atoms with Crippen molar-refractivity contribution in [1.29, 1.82) is 0 Å². The summed E-state index contributed by atoms with van der Waals surface area (Å²) in [6.45, 7) is 4.50. The SMILES string of the molecule is CC(C)CC(C(=O)NCCc1ccc(Br)s1)N1C(=O)C2CC=CCC2C1=O. The Morgan fingerprint density at radius 3 is 2.37 bits per heavy atom. The molecule has 1 aliphatic heterocycles. The summed E-state index contributed by atoms with van der Waals surface area (Å²) in [4.78, 5) is 41.0. The van der Waals surface area contributed by atoms with Crippen molar-refractivity contribution in [3.05, 3.63) is 32.9 Å². The topological polar surface area (TPSA) is 66.5 Å². The lowest BCUT2D eigenvalue weighted by Gasteiger charge is -2.27. The molecule has 5 nitrogen and oxygen atoms in total. The molecule has 1 aromatic heterocycles. The summed E-state index contributed by atoms with van der Waals surface area (Å²) in [5.41, 5.74) is 0. The number of nitrogens with one attached hydrogen (secondary N) is 1. The molecule has 146 valence electrons. The van der Waals surface area contributed by atoms with Crippen molar-refractivity contribution in [2.45, 2.75) is 45.6 Å². The first-order valence-electron chi connectivity index (χ1n) is 9.42. The molecule has 1 aliphatic carbocycles. The van der Waals surface area contributed by atoms with Crippen LogP contribution in [0, 0.1) is 17.8 Å².